The Bertz CT molecular complexity index is 562. The van der Waals surface area contributed by atoms with Crippen LogP contribution in [0.5, 0.6) is 0 Å². The number of aliphatic hydroxyl groups is 1. The van der Waals surface area contributed by atoms with Gasteiger partial charge in [-0.2, -0.15) is 4.31 Å². The van der Waals surface area contributed by atoms with Crippen molar-refractivity contribution in [1.29, 1.82) is 0 Å². The van der Waals surface area contributed by atoms with Gasteiger partial charge in [0.05, 0.1) is 6.10 Å². The predicted octanol–water partition coefficient (Wildman–Crippen LogP) is 0.420. The number of β-amino-alcohol motifs (C(OH)–C–C–N with tert-alkyl or cyclic N) is 1. The van der Waals surface area contributed by atoms with Gasteiger partial charge in [0.2, 0.25) is 10.0 Å². The van der Waals surface area contributed by atoms with E-state index in [1.807, 2.05) is 19.0 Å². The lowest BCUT2D eigenvalue weighted by Gasteiger charge is -2.26. The van der Waals surface area contributed by atoms with Crippen molar-refractivity contribution < 1.29 is 13.5 Å². The minimum absolute atomic E-state index is 0.0970. The molecule has 0 aromatic carbocycles. The van der Waals surface area contributed by atoms with Crippen molar-refractivity contribution in [3.05, 3.63) is 23.5 Å². The summed E-state index contributed by atoms with van der Waals surface area (Å²) in [7, 11) is 0.0911. The van der Waals surface area contributed by atoms with Crippen LogP contribution in [0.4, 0.5) is 0 Å². The van der Waals surface area contributed by atoms with Gasteiger partial charge >= 0.3 is 0 Å². The van der Waals surface area contributed by atoms with Crippen LogP contribution in [0, 0.1) is 0 Å². The Morgan fingerprint density at radius 3 is 2.75 bits per heavy atom. The van der Waals surface area contributed by atoms with Gasteiger partial charge in [-0.1, -0.05) is 11.6 Å². The Morgan fingerprint density at radius 2 is 2.20 bits per heavy atom. The average Bonchev–Trinajstić information content (AvgIpc) is 2.70. The van der Waals surface area contributed by atoms with Gasteiger partial charge in [0.1, 0.15) is 10.0 Å². The molecular weight excluding hydrogens is 302 g/mol. The van der Waals surface area contributed by atoms with Gasteiger partial charge in [0, 0.05) is 25.3 Å². The van der Waals surface area contributed by atoms with Crippen LogP contribution in [-0.4, -0.2) is 67.0 Å². The van der Waals surface area contributed by atoms with E-state index in [0.29, 0.717) is 13.0 Å². The van der Waals surface area contributed by atoms with E-state index in [1.54, 1.807) is 0 Å². The van der Waals surface area contributed by atoms with E-state index < -0.39 is 16.1 Å². The SMILES string of the molecule is CN(C)CC1CC(O)CN1S(=O)(=O)c1ccc(Cl)nc1. The normalized spacial score (nSPS) is 24.4. The number of hydrogen-bond acceptors (Lipinski definition) is 5. The molecule has 2 unspecified atom stereocenters. The molecule has 1 aliphatic heterocycles. The minimum atomic E-state index is -3.66. The van der Waals surface area contributed by atoms with Gasteiger partial charge in [0.25, 0.3) is 0 Å². The lowest BCUT2D eigenvalue weighted by atomic mass is 10.2. The zero-order valence-corrected chi connectivity index (χ0v) is 13.0. The molecule has 6 nitrogen and oxygen atoms in total. The van der Waals surface area contributed by atoms with E-state index in [4.69, 9.17) is 11.6 Å². The Kier molecular flexibility index (Phi) is 4.66. The first-order valence-electron chi connectivity index (χ1n) is 6.27. The Balaban J connectivity index is 2.29. The monoisotopic (exact) mass is 319 g/mol. The third kappa shape index (κ3) is 3.29. The standard InChI is InChI=1S/C12H18ClN3O3S/c1-15(2)7-9-5-10(17)8-16(9)20(18,19)11-3-4-12(13)14-6-11/h3-4,6,9-10,17H,5,7-8H2,1-2H3. The molecule has 1 saturated heterocycles. The summed E-state index contributed by atoms with van der Waals surface area (Å²) in [5, 5.41) is 10.0. The lowest BCUT2D eigenvalue weighted by molar-refractivity contribution is 0.188. The Hall–Kier alpha value is -0.730. The highest BCUT2D eigenvalue weighted by Gasteiger charge is 2.39. The number of likely N-dealkylation sites (N-methyl/N-ethyl adjacent to an activating group) is 1. The average molecular weight is 320 g/mol. The van der Waals surface area contributed by atoms with E-state index in [0.717, 1.165) is 0 Å². The topological polar surface area (TPSA) is 73.7 Å². The van der Waals surface area contributed by atoms with E-state index in [2.05, 4.69) is 4.98 Å². The number of nitrogens with zero attached hydrogens (tertiary/aromatic N) is 3. The molecule has 0 bridgehead atoms. The van der Waals surface area contributed by atoms with Crippen molar-refractivity contribution in [3.8, 4) is 0 Å². The Labute approximate surface area is 124 Å². The molecule has 0 amide bonds. The summed E-state index contributed by atoms with van der Waals surface area (Å²) in [6.07, 6.45) is 1.06. The molecule has 20 heavy (non-hydrogen) atoms. The van der Waals surface area contributed by atoms with Crippen molar-refractivity contribution >= 4 is 21.6 Å². The molecule has 2 atom stereocenters. The highest BCUT2D eigenvalue weighted by molar-refractivity contribution is 7.89. The number of hydrogen-bond donors (Lipinski definition) is 1. The second kappa shape index (κ2) is 5.95. The van der Waals surface area contributed by atoms with Crippen molar-refractivity contribution in [2.45, 2.75) is 23.5 Å². The van der Waals surface area contributed by atoms with Gasteiger partial charge < -0.3 is 10.0 Å². The van der Waals surface area contributed by atoms with Crippen LogP contribution < -0.4 is 0 Å². The molecule has 0 aliphatic carbocycles. The summed E-state index contributed by atoms with van der Waals surface area (Å²) in [5.74, 6) is 0. The molecule has 1 fully saturated rings. The highest BCUT2D eigenvalue weighted by Crippen LogP contribution is 2.26. The van der Waals surface area contributed by atoms with Crippen LogP contribution in [0.1, 0.15) is 6.42 Å². The summed E-state index contributed by atoms with van der Waals surface area (Å²) in [5.41, 5.74) is 0. The first kappa shape index (κ1) is 15.7. The fourth-order valence-electron chi connectivity index (χ4n) is 2.39. The Morgan fingerprint density at radius 1 is 1.50 bits per heavy atom. The molecule has 0 saturated carbocycles. The maximum absolute atomic E-state index is 12.6. The third-order valence-corrected chi connectivity index (χ3v) is 5.35. The molecule has 0 spiro atoms. The summed E-state index contributed by atoms with van der Waals surface area (Å²) in [6.45, 7) is 0.681. The maximum atomic E-state index is 12.6. The van der Waals surface area contributed by atoms with Gasteiger partial charge in [-0.15, -0.1) is 0 Å². The summed E-state index contributed by atoms with van der Waals surface area (Å²) >= 11 is 5.68. The quantitative estimate of drug-likeness (QED) is 0.814. The van der Waals surface area contributed by atoms with Gasteiger partial charge in [-0.3, -0.25) is 0 Å². The maximum Gasteiger partial charge on any atom is 0.244 e. The lowest BCUT2D eigenvalue weighted by Crippen LogP contribution is -2.41. The van der Waals surface area contributed by atoms with Crippen molar-refractivity contribution in [2.24, 2.45) is 0 Å². The van der Waals surface area contributed by atoms with Crippen LogP contribution in [-0.2, 0) is 10.0 Å². The number of aliphatic hydroxyl groups excluding tert-OH is 1. The van der Waals surface area contributed by atoms with Crippen LogP contribution in [0.3, 0.4) is 0 Å². The molecule has 0 radical (unpaired) electrons. The summed E-state index contributed by atoms with van der Waals surface area (Å²) in [6, 6.07) is 2.64. The van der Waals surface area contributed by atoms with E-state index in [9.17, 15) is 13.5 Å². The van der Waals surface area contributed by atoms with Crippen LogP contribution in [0.25, 0.3) is 0 Å². The largest absolute Gasteiger partial charge is 0.392 e. The van der Waals surface area contributed by atoms with Crippen molar-refractivity contribution in [2.75, 3.05) is 27.2 Å². The number of aromatic nitrogens is 1. The molecule has 2 heterocycles. The molecule has 2 rings (SSSR count). The van der Waals surface area contributed by atoms with E-state index >= 15 is 0 Å². The molecule has 1 aliphatic rings. The van der Waals surface area contributed by atoms with E-state index in [-0.39, 0.29) is 22.6 Å². The highest BCUT2D eigenvalue weighted by atomic mass is 35.5. The number of halogens is 1. The van der Waals surface area contributed by atoms with Crippen molar-refractivity contribution in [3.63, 3.8) is 0 Å². The number of pyridine rings is 1. The third-order valence-electron chi connectivity index (χ3n) is 3.22. The molecule has 1 aromatic rings. The molecule has 1 N–H and O–H groups in total. The van der Waals surface area contributed by atoms with Gasteiger partial charge in [-0.05, 0) is 32.6 Å². The fraction of sp³-hybridized carbons (Fsp3) is 0.583. The zero-order chi connectivity index (χ0) is 14.9. The molecule has 8 heteroatoms. The van der Waals surface area contributed by atoms with Gasteiger partial charge in [-0.25, -0.2) is 13.4 Å². The molecule has 1 aromatic heterocycles. The summed E-state index contributed by atoms with van der Waals surface area (Å²) < 4.78 is 26.5. The second-order valence-electron chi connectivity index (χ2n) is 5.20. The predicted molar refractivity (Wildman–Crippen MR) is 76.1 cm³/mol. The summed E-state index contributed by atoms with van der Waals surface area (Å²) in [4.78, 5) is 5.81. The van der Waals surface area contributed by atoms with Crippen LogP contribution in [0.2, 0.25) is 5.15 Å². The smallest absolute Gasteiger partial charge is 0.244 e. The minimum Gasteiger partial charge on any atom is -0.392 e. The first-order valence-corrected chi connectivity index (χ1v) is 8.08. The zero-order valence-electron chi connectivity index (χ0n) is 11.4. The van der Waals surface area contributed by atoms with Crippen molar-refractivity contribution in [1.82, 2.24) is 14.2 Å². The van der Waals surface area contributed by atoms with Gasteiger partial charge in [0.15, 0.2) is 0 Å². The van der Waals surface area contributed by atoms with Crippen LogP contribution >= 0.6 is 11.6 Å². The second-order valence-corrected chi connectivity index (χ2v) is 7.47. The van der Waals surface area contributed by atoms with E-state index in [1.165, 1.54) is 22.6 Å². The molecule has 112 valence electrons. The molecular formula is C12H18ClN3O3S. The fourth-order valence-corrected chi connectivity index (χ4v) is 4.12. The first-order chi connectivity index (χ1) is 9.30. The number of sulfonamides is 1. The number of rotatable bonds is 4. The van der Waals surface area contributed by atoms with Crippen LogP contribution in [0.15, 0.2) is 23.2 Å².